The topological polar surface area (TPSA) is 58.6 Å². The van der Waals surface area contributed by atoms with Crippen molar-refractivity contribution in [2.45, 2.75) is 63.6 Å². The number of hydrogen-bond acceptors (Lipinski definition) is 3. The summed E-state index contributed by atoms with van der Waals surface area (Å²) in [5.41, 5.74) is -0.671. The van der Waals surface area contributed by atoms with E-state index in [0.717, 1.165) is 32.1 Å². The molecule has 2 amide bonds. The number of amides is 2. The summed E-state index contributed by atoms with van der Waals surface area (Å²) in [4.78, 5) is 27.6. The van der Waals surface area contributed by atoms with E-state index in [9.17, 15) is 9.59 Å². The third-order valence-electron chi connectivity index (χ3n) is 5.40. The number of carbonyl (C=O) groups excluding carboxylic acids is 2. The number of hydrogen-bond donors (Lipinski definition) is 1. The third-order valence-corrected chi connectivity index (χ3v) is 5.40. The average Bonchev–Trinajstić information content (AvgIpc) is 3.29. The van der Waals surface area contributed by atoms with E-state index in [1.807, 2.05) is 18.7 Å². The van der Waals surface area contributed by atoms with E-state index in [-0.39, 0.29) is 23.9 Å². The van der Waals surface area contributed by atoms with Gasteiger partial charge in [0.2, 0.25) is 11.8 Å². The van der Waals surface area contributed by atoms with Crippen LogP contribution in [0.4, 0.5) is 0 Å². The first-order chi connectivity index (χ1) is 10.00. The maximum Gasteiger partial charge on any atom is 0.246 e. The molecule has 5 nitrogen and oxygen atoms in total. The Hall–Kier alpha value is -1.10. The highest BCUT2D eigenvalue weighted by molar-refractivity contribution is 6.00. The molecular weight excluding hydrogens is 268 g/mol. The molecule has 3 rings (SSSR count). The Labute approximate surface area is 126 Å². The average molecular weight is 294 g/mol. The van der Waals surface area contributed by atoms with Crippen LogP contribution >= 0.6 is 0 Å². The van der Waals surface area contributed by atoms with Gasteiger partial charge in [0.1, 0.15) is 11.6 Å². The highest BCUT2D eigenvalue weighted by Crippen LogP contribution is 2.47. The maximum absolute atomic E-state index is 13.0. The molecule has 1 N–H and O–H groups in total. The minimum Gasteiger partial charge on any atom is -0.385 e. The molecule has 0 bridgehead atoms. The molecule has 1 aliphatic heterocycles. The molecule has 3 unspecified atom stereocenters. The van der Waals surface area contributed by atoms with Crippen LogP contribution in [0.3, 0.4) is 0 Å². The van der Waals surface area contributed by atoms with Crippen molar-refractivity contribution in [1.29, 1.82) is 0 Å². The third kappa shape index (κ3) is 2.45. The molecule has 0 radical (unpaired) electrons. The maximum atomic E-state index is 13.0. The van der Waals surface area contributed by atoms with Gasteiger partial charge in [-0.3, -0.25) is 9.59 Å². The Bertz CT molecular complexity index is 445. The van der Waals surface area contributed by atoms with Crippen LogP contribution in [-0.2, 0) is 14.3 Å². The van der Waals surface area contributed by atoms with Gasteiger partial charge in [0.05, 0.1) is 0 Å². The molecule has 0 spiro atoms. The zero-order chi connectivity index (χ0) is 15.2. The molecule has 1 saturated heterocycles. The highest BCUT2D eigenvalue weighted by atomic mass is 16.5. The van der Waals surface area contributed by atoms with Gasteiger partial charge in [-0.05, 0) is 57.8 Å². The predicted octanol–water partition coefficient (Wildman–Crippen LogP) is 1.32. The monoisotopic (exact) mass is 294 g/mol. The van der Waals surface area contributed by atoms with Crippen LogP contribution in [-0.4, -0.2) is 48.1 Å². The molecule has 21 heavy (non-hydrogen) atoms. The second-order valence-electron chi connectivity index (χ2n) is 7.05. The molecule has 0 aromatic heterocycles. The molecule has 2 aliphatic carbocycles. The first kappa shape index (κ1) is 14.8. The zero-order valence-electron chi connectivity index (χ0n) is 13.2. The Morgan fingerprint density at radius 2 is 2.00 bits per heavy atom. The second-order valence-corrected chi connectivity index (χ2v) is 7.05. The quantitative estimate of drug-likeness (QED) is 0.804. The lowest BCUT2D eigenvalue weighted by molar-refractivity contribution is -0.162. The molecule has 0 aromatic rings. The Morgan fingerprint density at radius 1 is 1.33 bits per heavy atom. The van der Waals surface area contributed by atoms with Crippen molar-refractivity contribution >= 4 is 11.8 Å². The van der Waals surface area contributed by atoms with Crippen LogP contribution in [0.15, 0.2) is 0 Å². The zero-order valence-corrected chi connectivity index (χ0v) is 13.2. The fourth-order valence-corrected chi connectivity index (χ4v) is 3.71. The van der Waals surface area contributed by atoms with Crippen LogP contribution in [0.2, 0.25) is 0 Å². The predicted molar refractivity (Wildman–Crippen MR) is 78.6 cm³/mol. The van der Waals surface area contributed by atoms with E-state index in [1.54, 1.807) is 7.11 Å². The minimum atomic E-state index is -0.671. The lowest BCUT2D eigenvalue weighted by Crippen LogP contribution is -2.72. The van der Waals surface area contributed by atoms with Gasteiger partial charge >= 0.3 is 0 Å². The number of carbonyl (C=O) groups is 2. The fraction of sp³-hybridized carbons (Fsp3) is 0.875. The molecular formula is C16H26N2O3. The summed E-state index contributed by atoms with van der Waals surface area (Å²) < 4.78 is 5.16. The summed E-state index contributed by atoms with van der Waals surface area (Å²) in [5.74, 6) is 0.829. The number of nitrogens with zero attached hydrogens (tertiary/aromatic N) is 1. The van der Waals surface area contributed by atoms with Gasteiger partial charge in [0.25, 0.3) is 0 Å². The standard InChI is InChI=1S/C16H26N2O3/c1-10(8-9-21-3)18-14(19)13(11-4-5-11)17-15(20)16(18,2)12-6-7-12/h10-13H,4-9H2,1-3H3,(H,17,20). The largest absolute Gasteiger partial charge is 0.385 e. The molecule has 2 saturated carbocycles. The molecule has 3 fully saturated rings. The summed E-state index contributed by atoms with van der Waals surface area (Å²) in [6.07, 6.45) is 4.96. The lowest BCUT2D eigenvalue weighted by atomic mass is 9.85. The van der Waals surface area contributed by atoms with Crippen LogP contribution < -0.4 is 5.32 Å². The van der Waals surface area contributed by atoms with E-state index in [2.05, 4.69) is 5.32 Å². The summed E-state index contributed by atoms with van der Waals surface area (Å²) in [6.45, 7) is 4.60. The van der Waals surface area contributed by atoms with Crippen molar-refractivity contribution in [2.24, 2.45) is 11.8 Å². The SMILES string of the molecule is COCCC(C)N1C(=O)C(C2CC2)NC(=O)C1(C)C1CC1. The molecule has 0 aromatic carbocycles. The van der Waals surface area contributed by atoms with E-state index >= 15 is 0 Å². The molecule has 5 heteroatoms. The number of rotatable bonds is 6. The number of ether oxygens (including phenoxy) is 1. The molecule has 3 atom stereocenters. The second kappa shape index (κ2) is 5.27. The number of nitrogens with one attached hydrogen (secondary N) is 1. The number of piperazine rings is 1. The van der Waals surface area contributed by atoms with Crippen LogP contribution in [0, 0.1) is 11.8 Å². The van der Waals surface area contributed by atoms with Crippen molar-refractivity contribution < 1.29 is 14.3 Å². The van der Waals surface area contributed by atoms with E-state index in [4.69, 9.17) is 4.74 Å². The van der Waals surface area contributed by atoms with Gasteiger partial charge in [-0.25, -0.2) is 0 Å². The fourth-order valence-electron chi connectivity index (χ4n) is 3.71. The van der Waals surface area contributed by atoms with Crippen LogP contribution in [0.5, 0.6) is 0 Å². The molecule has 3 aliphatic rings. The van der Waals surface area contributed by atoms with Gasteiger partial charge in [0, 0.05) is 19.8 Å². The first-order valence-corrected chi connectivity index (χ1v) is 8.13. The van der Waals surface area contributed by atoms with Gasteiger partial charge in [-0.15, -0.1) is 0 Å². The van der Waals surface area contributed by atoms with Crippen molar-refractivity contribution in [1.82, 2.24) is 10.2 Å². The van der Waals surface area contributed by atoms with E-state index in [1.165, 1.54) is 0 Å². The van der Waals surface area contributed by atoms with Crippen molar-refractivity contribution in [2.75, 3.05) is 13.7 Å². The van der Waals surface area contributed by atoms with Crippen molar-refractivity contribution in [3.8, 4) is 0 Å². The highest BCUT2D eigenvalue weighted by Gasteiger charge is 2.59. The van der Waals surface area contributed by atoms with Crippen LogP contribution in [0.25, 0.3) is 0 Å². The summed E-state index contributed by atoms with van der Waals surface area (Å²) >= 11 is 0. The van der Waals surface area contributed by atoms with Gasteiger partial charge in [-0.1, -0.05) is 0 Å². The smallest absolute Gasteiger partial charge is 0.246 e. The van der Waals surface area contributed by atoms with Gasteiger partial charge in [-0.2, -0.15) is 0 Å². The minimum absolute atomic E-state index is 0.0374. The molecule has 118 valence electrons. The van der Waals surface area contributed by atoms with Gasteiger partial charge < -0.3 is 15.0 Å². The van der Waals surface area contributed by atoms with E-state index in [0.29, 0.717) is 18.4 Å². The Balaban J connectivity index is 1.87. The summed E-state index contributed by atoms with van der Waals surface area (Å²) in [5, 5.41) is 3.02. The van der Waals surface area contributed by atoms with E-state index < -0.39 is 5.54 Å². The Morgan fingerprint density at radius 3 is 2.52 bits per heavy atom. The summed E-state index contributed by atoms with van der Waals surface area (Å²) in [6, 6.07) is -0.260. The molecule has 1 heterocycles. The van der Waals surface area contributed by atoms with Crippen LogP contribution in [0.1, 0.15) is 46.0 Å². The summed E-state index contributed by atoms with van der Waals surface area (Å²) in [7, 11) is 1.67. The van der Waals surface area contributed by atoms with Crippen molar-refractivity contribution in [3.63, 3.8) is 0 Å². The van der Waals surface area contributed by atoms with Crippen molar-refractivity contribution in [3.05, 3.63) is 0 Å². The normalized spacial score (nSPS) is 34.8. The lowest BCUT2D eigenvalue weighted by Gasteiger charge is -2.49. The number of methoxy groups -OCH3 is 1. The Kier molecular flexibility index (Phi) is 3.72. The van der Waals surface area contributed by atoms with Gasteiger partial charge in [0.15, 0.2) is 0 Å². The first-order valence-electron chi connectivity index (χ1n) is 8.13.